The number of rotatable bonds is 5. The van der Waals surface area contributed by atoms with Gasteiger partial charge in [0.15, 0.2) is 0 Å². The normalized spacial score (nSPS) is 20.7. The molecule has 1 aliphatic rings. The highest BCUT2D eigenvalue weighted by atomic mass is 35.5. The van der Waals surface area contributed by atoms with Crippen molar-refractivity contribution < 1.29 is 8.42 Å². The first kappa shape index (κ1) is 19.2. The summed E-state index contributed by atoms with van der Waals surface area (Å²) in [6.45, 7) is 4.13. The third-order valence-corrected chi connectivity index (χ3v) is 6.69. The summed E-state index contributed by atoms with van der Waals surface area (Å²) in [5, 5.41) is 4.10. The maximum Gasteiger partial charge on any atom is 0.240 e. The number of anilines is 1. The van der Waals surface area contributed by atoms with E-state index in [4.69, 9.17) is 11.6 Å². The summed E-state index contributed by atoms with van der Waals surface area (Å²) in [4.78, 5) is 0.248. The second-order valence-electron chi connectivity index (χ2n) is 7.04. The molecule has 0 unspecified atom stereocenters. The van der Waals surface area contributed by atoms with Gasteiger partial charge in [0, 0.05) is 22.8 Å². The fraction of sp³-hybridized carbons (Fsp3) is 0.400. The molecule has 26 heavy (non-hydrogen) atoms. The Morgan fingerprint density at radius 3 is 2.31 bits per heavy atom. The number of nitrogens with one attached hydrogen (secondary N) is 2. The van der Waals surface area contributed by atoms with E-state index in [0.29, 0.717) is 5.02 Å². The number of aryl methyl sites for hydroxylation is 2. The fourth-order valence-electron chi connectivity index (χ4n) is 3.42. The average Bonchev–Trinajstić information content (AvgIpc) is 2.60. The molecule has 0 saturated heterocycles. The van der Waals surface area contributed by atoms with E-state index in [9.17, 15) is 8.42 Å². The zero-order valence-corrected chi connectivity index (χ0v) is 16.7. The molecule has 1 saturated carbocycles. The fourth-order valence-corrected chi connectivity index (χ4v) is 4.85. The number of halogens is 1. The van der Waals surface area contributed by atoms with Crippen molar-refractivity contribution in [3.8, 4) is 0 Å². The van der Waals surface area contributed by atoms with Gasteiger partial charge < -0.3 is 5.32 Å². The van der Waals surface area contributed by atoms with Gasteiger partial charge in [-0.1, -0.05) is 36.6 Å². The van der Waals surface area contributed by atoms with Gasteiger partial charge in [-0.2, -0.15) is 0 Å². The van der Waals surface area contributed by atoms with E-state index in [2.05, 4.69) is 42.1 Å². The van der Waals surface area contributed by atoms with Crippen molar-refractivity contribution in [2.24, 2.45) is 0 Å². The van der Waals surface area contributed by atoms with Crippen LogP contribution in [0.25, 0.3) is 0 Å². The number of sulfonamides is 1. The summed E-state index contributed by atoms with van der Waals surface area (Å²) in [7, 11) is -3.57. The minimum Gasteiger partial charge on any atom is -0.380 e. The molecule has 0 radical (unpaired) electrons. The predicted octanol–water partition coefficient (Wildman–Crippen LogP) is 4.66. The van der Waals surface area contributed by atoms with Crippen LogP contribution in [0.1, 0.15) is 36.8 Å². The van der Waals surface area contributed by atoms with Crippen molar-refractivity contribution >= 4 is 27.3 Å². The molecule has 1 fully saturated rings. The molecule has 0 amide bonds. The van der Waals surface area contributed by atoms with Gasteiger partial charge in [0.05, 0.1) is 4.90 Å². The first-order valence-electron chi connectivity index (χ1n) is 8.97. The van der Waals surface area contributed by atoms with Crippen LogP contribution in [0.15, 0.2) is 47.4 Å². The van der Waals surface area contributed by atoms with Gasteiger partial charge in [0.25, 0.3) is 0 Å². The van der Waals surface area contributed by atoms with Crippen LogP contribution in [0, 0.1) is 13.8 Å². The summed E-state index contributed by atoms with van der Waals surface area (Å²) in [5.74, 6) is 0. The molecule has 3 rings (SSSR count). The Bertz CT molecular complexity index is 866. The van der Waals surface area contributed by atoms with E-state index >= 15 is 0 Å². The summed E-state index contributed by atoms with van der Waals surface area (Å²) in [5.41, 5.74) is 3.43. The van der Waals surface area contributed by atoms with Crippen LogP contribution in [0.3, 0.4) is 0 Å². The summed E-state index contributed by atoms with van der Waals surface area (Å²) in [6.07, 6.45) is 3.90. The predicted molar refractivity (Wildman–Crippen MR) is 107 cm³/mol. The van der Waals surface area contributed by atoms with Gasteiger partial charge in [-0.25, -0.2) is 13.1 Å². The summed E-state index contributed by atoms with van der Waals surface area (Å²) >= 11 is 5.87. The average molecular weight is 393 g/mol. The van der Waals surface area contributed by atoms with E-state index in [-0.39, 0.29) is 17.0 Å². The highest BCUT2D eigenvalue weighted by Crippen LogP contribution is 2.26. The van der Waals surface area contributed by atoms with Crippen LogP contribution in [-0.4, -0.2) is 20.5 Å². The Balaban J connectivity index is 1.78. The largest absolute Gasteiger partial charge is 0.380 e. The molecule has 4 nitrogen and oxygen atoms in total. The Labute approximate surface area is 161 Å². The monoisotopic (exact) mass is 392 g/mol. The molecule has 2 N–H and O–H groups in total. The van der Waals surface area contributed by atoms with Gasteiger partial charge >= 0.3 is 0 Å². The Hall–Kier alpha value is -1.56. The van der Waals surface area contributed by atoms with Crippen LogP contribution in [0.5, 0.6) is 0 Å². The SMILES string of the molecule is Cc1ccc(C)c(N[C@H]2CCCC[C@H]2NS(=O)(=O)c2ccc(Cl)cc2)c1. The molecule has 140 valence electrons. The molecule has 0 aromatic heterocycles. The lowest BCUT2D eigenvalue weighted by atomic mass is 9.90. The quantitative estimate of drug-likeness (QED) is 0.778. The van der Waals surface area contributed by atoms with Crippen molar-refractivity contribution in [1.82, 2.24) is 4.72 Å². The Morgan fingerprint density at radius 2 is 1.62 bits per heavy atom. The standard InChI is InChI=1S/C20H25ClN2O2S/c1-14-7-8-15(2)20(13-14)22-18-5-3-4-6-19(18)23-26(24,25)17-11-9-16(21)10-12-17/h7-13,18-19,22-23H,3-6H2,1-2H3/t18-,19+/m0/s1. The van der Waals surface area contributed by atoms with E-state index in [1.807, 2.05) is 0 Å². The number of benzene rings is 2. The molecule has 0 spiro atoms. The molecule has 0 bridgehead atoms. The summed E-state index contributed by atoms with van der Waals surface area (Å²) in [6, 6.07) is 12.5. The van der Waals surface area contributed by atoms with Gasteiger partial charge in [-0.05, 0) is 68.1 Å². The zero-order chi connectivity index (χ0) is 18.7. The molecule has 2 atom stereocenters. The van der Waals surface area contributed by atoms with Crippen LogP contribution >= 0.6 is 11.6 Å². The van der Waals surface area contributed by atoms with Crippen molar-refractivity contribution in [3.63, 3.8) is 0 Å². The van der Waals surface area contributed by atoms with Crippen LogP contribution in [-0.2, 0) is 10.0 Å². The van der Waals surface area contributed by atoms with Crippen LogP contribution in [0.2, 0.25) is 5.02 Å². The van der Waals surface area contributed by atoms with E-state index in [1.165, 1.54) is 11.1 Å². The maximum atomic E-state index is 12.7. The van der Waals surface area contributed by atoms with Gasteiger partial charge in [-0.15, -0.1) is 0 Å². The Kier molecular flexibility index (Phi) is 5.90. The number of hydrogen-bond donors (Lipinski definition) is 2. The van der Waals surface area contributed by atoms with Crippen LogP contribution in [0.4, 0.5) is 5.69 Å². The lowest BCUT2D eigenvalue weighted by molar-refractivity contribution is 0.378. The first-order chi connectivity index (χ1) is 12.3. The highest BCUT2D eigenvalue weighted by molar-refractivity contribution is 7.89. The molecule has 6 heteroatoms. The summed E-state index contributed by atoms with van der Waals surface area (Å²) < 4.78 is 28.4. The van der Waals surface area contributed by atoms with Crippen molar-refractivity contribution in [3.05, 3.63) is 58.6 Å². The lowest BCUT2D eigenvalue weighted by Crippen LogP contribution is -2.48. The third-order valence-electron chi connectivity index (χ3n) is 4.93. The molecular weight excluding hydrogens is 368 g/mol. The van der Waals surface area contributed by atoms with Crippen molar-refractivity contribution in [2.75, 3.05) is 5.32 Å². The van der Waals surface area contributed by atoms with Gasteiger partial charge in [-0.3, -0.25) is 0 Å². The topological polar surface area (TPSA) is 58.2 Å². The minimum absolute atomic E-state index is 0.0753. The first-order valence-corrected chi connectivity index (χ1v) is 10.8. The van der Waals surface area contributed by atoms with Crippen molar-refractivity contribution in [2.45, 2.75) is 56.5 Å². The molecule has 0 aliphatic heterocycles. The van der Waals surface area contributed by atoms with Crippen LogP contribution < -0.4 is 10.0 Å². The lowest BCUT2D eigenvalue weighted by Gasteiger charge is -2.33. The number of hydrogen-bond acceptors (Lipinski definition) is 3. The molecule has 1 aliphatic carbocycles. The zero-order valence-electron chi connectivity index (χ0n) is 15.1. The van der Waals surface area contributed by atoms with E-state index in [1.54, 1.807) is 24.3 Å². The van der Waals surface area contributed by atoms with E-state index in [0.717, 1.165) is 31.4 Å². The molecule has 0 heterocycles. The second-order valence-corrected chi connectivity index (χ2v) is 9.19. The minimum atomic E-state index is -3.57. The van der Waals surface area contributed by atoms with Crippen molar-refractivity contribution in [1.29, 1.82) is 0 Å². The van der Waals surface area contributed by atoms with E-state index < -0.39 is 10.0 Å². The smallest absolute Gasteiger partial charge is 0.240 e. The molecular formula is C20H25ClN2O2S. The third kappa shape index (κ3) is 4.58. The molecule has 2 aromatic rings. The Morgan fingerprint density at radius 1 is 0.962 bits per heavy atom. The second kappa shape index (κ2) is 7.99. The maximum absolute atomic E-state index is 12.7. The van der Waals surface area contributed by atoms with Gasteiger partial charge in [0.1, 0.15) is 0 Å². The molecule has 2 aromatic carbocycles. The highest BCUT2D eigenvalue weighted by Gasteiger charge is 2.29. The van der Waals surface area contributed by atoms with Gasteiger partial charge in [0.2, 0.25) is 10.0 Å².